The molecule has 0 bridgehead atoms. The van der Waals surface area contributed by atoms with Gasteiger partial charge in [-0.05, 0) is 12.1 Å². The quantitative estimate of drug-likeness (QED) is 0.748. The van der Waals surface area contributed by atoms with Crippen molar-refractivity contribution in [2.75, 3.05) is 7.11 Å². The first-order valence-corrected chi connectivity index (χ1v) is 4.75. The third-order valence-electron chi connectivity index (χ3n) is 2.13. The van der Waals surface area contributed by atoms with E-state index in [4.69, 9.17) is 10.00 Å². The van der Waals surface area contributed by atoms with Crippen LogP contribution >= 0.6 is 0 Å². The fraction of sp³-hybridized carbons (Fsp3) is 0.0909. The molecule has 0 aliphatic rings. The molecular weight excluding hydrogens is 220 g/mol. The third-order valence-corrected chi connectivity index (χ3v) is 2.13. The van der Waals surface area contributed by atoms with E-state index in [1.165, 1.54) is 18.1 Å². The molecule has 6 heteroatoms. The van der Waals surface area contributed by atoms with E-state index in [9.17, 15) is 4.79 Å². The van der Waals surface area contributed by atoms with Crippen molar-refractivity contribution >= 4 is 0 Å². The van der Waals surface area contributed by atoms with Crippen molar-refractivity contribution in [3.8, 4) is 17.5 Å². The van der Waals surface area contributed by atoms with Crippen LogP contribution in [-0.2, 0) is 0 Å². The number of aromatic nitrogens is 3. The topological polar surface area (TPSA) is 80.8 Å². The van der Waals surface area contributed by atoms with E-state index in [-0.39, 0.29) is 5.69 Å². The van der Waals surface area contributed by atoms with Crippen LogP contribution in [0.5, 0.6) is 5.75 Å². The Morgan fingerprint density at radius 2 is 2.18 bits per heavy atom. The summed E-state index contributed by atoms with van der Waals surface area (Å²) in [6.07, 6.45) is 1.25. The summed E-state index contributed by atoms with van der Waals surface area (Å²) in [5, 5.41) is 12.6. The Kier molecular flexibility index (Phi) is 2.83. The lowest BCUT2D eigenvalue weighted by Gasteiger charge is -2.08. The smallest absolute Gasteiger partial charge is 0.309 e. The summed E-state index contributed by atoms with van der Waals surface area (Å²) >= 11 is 0. The molecule has 0 aliphatic heterocycles. The summed E-state index contributed by atoms with van der Waals surface area (Å²) in [7, 11) is 1.53. The van der Waals surface area contributed by atoms with Gasteiger partial charge in [0.2, 0.25) is 5.69 Å². The molecule has 0 saturated carbocycles. The summed E-state index contributed by atoms with van der Waals surface area (Å²) in [6, 6.07) is 8.80. The number of ether oxygens (including phenoxy) is 1. The van der Waals surface area contributed by atoms with Gasteiger partial charge in [-0.25, -0.2) is 4.68 Å². The van der Waals surface area contributed by atoms with Crippen LogP contribution in [0.3, 0.4) is 0 Å². The van der Waals surface area contributed by atoms with E-state index in [2.05, 4.69) is 10.1 Å². The lowest BCUT2D eigenvalue weighted by Crippen LogP contribution is -2.17. The number of para-hydroxylation sites is 2. The molecule has 2 rings (SSSR count). The highest BCUT2D eigenvalue weighted by molar-refractivity contribution is 5.45. The lowest BCUT2D eigenvalue weighted by atomic mass is 10.3. The van der Waals surface area contributed by atoms with Crippen molar-refractivity contribution in [3.05, 3.63) is 46.6 Å². The Balaban J connectivity index is 2.62. The average molecular weight is 228 g/mol. The minimum Gasteiger partial charge on any atom is -0.494 e. The van der Waals surface area contributed by atoms with Crippen molar-refractivity contribution in [2.45, 2.75) is 0 Å². The first-order chi connectivity index (χ1) is 8.26. The molecular formula is C11H8N4O2. The van der Waals surface area contributed by atoms with E-state index in [0.717, 1.165) is 0 Å². The Labute approximate surface area is 96.7 Å². The Morgan fingerprint density at radius 1 is 1.41 bits per heavy atom. The van der Waals surface area contributed by atoms with E-state index >= 15 is 0 Å². The molecule has 6 nitrogen and oxygen atoms in total. The highest BCUT2D eigenvalue weighted by atomic mass is 16.5. The van der Waals surface area contributed by atoms with Gasteiger partial charge < -0.3 is 4.74 Å². The minimum atomic E-state index is -0.640. The van der Waals surface area contributed by atoms with Crippen molar-refractivity contribution < 1.29 is 4.74 Å². The maximum absolute atomic E-state index is 11.1. The summed E-state index contributed by atoms with van der Waals surface area (Å²) < 4.78 is 6.49. The van der Waals surface area contributed by atoms with E-state index in [1.54, 1.807) is 24.3 Å². The summed E-state index contributed by atoms with van der Waals surface area (Å²) in [5.41, 5.74) is -0.281. The second-order valence-corrected chi connectivity index (χ2v) is 3.13. The molecule has 0 spiro atoms. The van der Waals surface area contributed by atoms with Gasteiger partial charge >= 0.3 is 5.56 Å². The van der Waals surface area contributed by atoms with Crippen molar-refractivity contribution in [3.63, 3.8) is 0 Å². The Morgan fingerprint density at radius 3 is 2.88 bits per heavy atom. The first-order valence-electron chi connectivity index (χ1n) is 4.75. The van der Waals surface area contributed by atoms with Gasteiger partial charge in [-0.1, -0.05) is 12.1 Å². The predicted molar refractivity (Wildman–Crippen MR) is 58.9 cm³/mol. The van der Waals surface area contributed by atoms with Crippen molar-refractivity contribution in [2.24, 2.45) is 0 Å². The van der Waals surface area contributed by atoms with Gasteiger partial charge in [-0.2, -0.15) is 10.2 Å². The molecule has 0 saturated heterocycles. The standard InChI is InChI=1S/C11H8N4O2/c1-17-10-5-3-2-4-9(10)15-7-13-11(16)8(6-12)14-15/h2-5,7H,1H3. The van der Waals surface area contributed by atoms with Crippen LogP contribution in [0.4, 0.5) is 0 Å². The van der Waals surface area contributed by atoms with Gasteiger partial charge in [-0.3, -0.25) is 4.79 Å². The Bertz CT molecular complexity index is 642. The van der Waals surface area contributed by atoms with Crippen LogP contribution in [0.15, 0.2) is 35.4 Å². The SMILES string of the molecule is COc1ccccc1-n1cnc(=O)c(C#N)n1. The molecule has 0 aliphatic carbocycles. The highest BCUT2D eigenvalue weighted by Crippen LogP contribution is 2.20. The van der Waals surface area contributed by atoms with Crippen LogP contribution in [-0.4, -0.2) is 21.9 Å². The van der Waals surface area contributed by atoms with Gasteiger partial charge in [0.15, 0.2) is 0 Å². The second kappa shape index (κ2) is 4.45. The monoisotopic (exact) mass is 228 g/mol. The molecule has 2 aromatic rings. The van der Waals surface area contributed by atoms with Gasteiger partial charge in [0, 0.05) is 0 Å². The molecule has 1 aromatic carbocycles. The van der Waals surface area contributed by atoms with Crippen LogP contribution in [0.2, 0.25) is 0 Å². The van der Waals surface area contributed by atoms with Crippen LogP contribution in [0.25, 0.3) is 5.69 Å². The first kappa shape index (κ1) is 10.8. The van der Waals surface area contributed by atoms with Crippen molar-refractivity contribution in [1.29, 1.82) is 5.26 Å². The number of hydrogen-bond acceptors (Lipinski definition) is 5. The molecule has 0 atom stereocenters. The van der Waals surface area contributed by atoms with Gasteiger partial charge in [0.25, 0.3) is 0 Å². The molecule has 0 unspecified atom stereocenters. The number of methoxy groups -OCH3 is 1. The number of hydrogen-bond donors (Lipinski definition) is 0. The molecule has 1 aromatic heterocycles. The number of nitrogens with zero attached hydrogens (tertiary/aromatic N) is 4. The molecule has 17 heavy (non-hydrogen) atoms. The minimum absolute atomic E-state index is 0.251. The van der Waals surface area contributed by atoms with E-state index in [0.29, 0.717) is 11.4 Å². The fourth-order valence-electron chi connectivity index (χ4n) is 1.35. The molecule has 1 heterocycles. The van der Waals surface area contributed by atoms with Crippen LogP contribution in [0, 0.1) is 11.3 Å². The third kappa shape index (κ3) is 1.99. The number of benzene rings is 1. The molecule has 0 fully saturated rings. The fourth-order valence-corrected chi connectivity index (χ4v) is 1.35. The normalized spacial score (nSPS) is 9.65. The summed E-state index contributed by atoms with van der Waals surface area (Å²) in [6.45, 7) is 0. The van der Waals surface area contributed by atoms with Gasteiger partial charge in [0.05, 0.1) is 7.11 Å². The maximum atomic E-state index is 11.1. The predicted octanol–water partition coefficient (Wildman–Crippen LogP) is 0.508. The number of rotatable bonds is 2. The zero-order valence-corrected chi connectivity index (χ0v) is 8.99. The molecule has 0 amide bonds. The second-order valence-electron chi connectivity index (χ2n) is 3.13. The average Bonchev–Trinajstić information content (AvgIpc) is 2.39. The highest BCUT2D eigenvalue weighted by Gasteiger charge is 2.07. The largest absolute Gasteiger partial charge is 0.494 e. The lowest BCUT2D eigenvalue weighted by molar-refractivity contribution is 0.411. The Hall–Kier alpha value is -2.68. The zero-order valence-electron chi connectivity index (χ0n) is 8.99. The number of nitriles is 1. The van der Waals surface area contributed by atoms with Crippen molar-refractivity contribution in [1.82, 2.24) is 14.8 Å². The van der Waals surface area contributed by atoms with E-state index in [1.807, 2.05) is 6.07 Å². The van der Waals surface area contributed by atoms with E-state index < -0.39 is 5.56 Å². The maximum Gasteiger partial charge on any atom is 0.309 e. The van der Waals surface area contributed by atoms with Gasteiger partial charge in [0.1, 0.15) is 23.8 Å². The van der Waals surface area contributed by atoms with Gasteiger partial charge in [-0.15, -0.1) is 5.10 Å². The van der Waals surface area contributed by atoms with Crippen LogP contribution in [0.1, 0.15) is 5.69 Å². The zero-order chi connectivity index (χ0) is 12.3. The molecule has 84 valence electrons. The summed E-state index contributed by atoms with van der Waals surface area (Å²) in [4.78, 5) is 14.7. The van der Waals surface area contributed by atoms with Crippen LogP contribution < -0.4 is 10.3 Å². The molecule has 0 radical (unpaired) electrons. The summed E-state index contributed by atoms with van der Waals surface area (Å²) in [5.74, 6) is 0.578. The molecule has 0 N–H and O–H groups in total.